The first-order valence-electron chi connectivity index (χ1n) is 8.04. The van der Waals surface area contributed by atoms with E-state index in [-0.39, 0.29) is 23.8 Å². The van der Waals surface area contributed by atoms with Crippen molar-refractivity contribution in [3.63, 3.8) is 0 Å². The highest BCUT2D eigenvalue weighted by Gasteiger charge is 2.28. The molecule has 27 heavy (non-hydrogen) atoms. The summed E-state index contributed by atoms with van der Waals surface area (Å²) in [5.74, 6) is -0.721. The molecule has 2 aromatic carbocycles. The number of benzene rings is 2. The second kappa shape index (κ2) is 6.37. The fraction of sp³-hybridized carbons (Fsp3) is 0.0556. The van der Waals surface area contributed by atoms with E-state index in [0.717, 1.165) is 0 Å². The first-order valence-corrected chi connectivity index (χ1v) is 8.04. The summed E-state index contributed by atoms with van der Waals surface area (Å²) in [5, 5.41) is 17.9. The Balaban J connectivity index is 1.66. The molecule has 1 aromatic heterocycles. The molecular weight excluding hydrogens is 350 g/mol. The van der Waals surface area contributed by atoms with E-state index in [9.17, 15) is 19.7 Å². The third kappa shape index (κ3) is 3.01. The number of nitro groups is 1. The Labute approximate surface area is 153 Å². The molecule has 0 saturated carbocycles. The number of para-hydroxylation sites is 2. The van der Waals surface area contributed by atoms with Crippen molar-refractivity contribution < 1.29 is 14.5 Å². The quantitative estimate of drug-likeness (QED) is 0.567. The molecule has 9 nitrogen and oxygen atoms in total. The number of fused-ring (bicyclic) bond motifs is 1. The van der Waals surface area contributed by atoms with Crippen molar-refractivity contribution in [1.29, 1.82) is 0 Å². The fourth-order valence-corrected chi connectivity index (χ4v) is 2.88. The lowest BCUT2D eigenvalue weighted by molar-refractivity contribution is -0.384. The van der Waals surface area contributed by atoms with Gasteiger partial charge in [-0.25, -0.2) is 4.68 Å². The Morgan fingerprint density at radius 1 is 1.15 bits per heavy atom. The van der Waals surface area contributed by atoms with Gasteiger partial charge in [-0.15, -0.1) is 0 Å². The molecule has 0 atom stereocenters. The number of nitro benzene ring substituents is 1. The van der Waals surface area contributed by atoms with Gasteiger partial charge in [-0.05, 0) is 24.3 Å². The van der Waals surface area contributed by atoms with Crippen LogP contribution in [0.3, 0.4) is 0 Å². The highest BCUT2D eigenvalue weighted by Crippen LogP contribution is 2.30. The summed E-state index contributed by atoms with van der Waals surface area (Å²) in [6.45, 7) is -0.112. The lowest BCUT2D eigenvalue weighted by atomic mass is 10.2. The number of carbonyl (C=O) groups excluding carboxylic acids is 2. The lowest BCUT2D eigenvalue weighted by Crippen LogP contribution is -2.42. The van der Waals surface area contributed by atoms with Gasteiger partial charge in [0.25, 0.3) is 11.6 Å². The van der Waals surface area contributed by atoms with Gasteiger partial charge in [0.2, 0.25) is 5.91 Å². The van der Waals surface area contributed by atoms with E-state index in [4.69, 9.17) is 0 Å². The van der Waals surface area contributed by atoms with E-state index in [1.807, 2.05) is 0 Å². The van der Waals surface area contributed by atoms with Crippen LogP contribution in [0.4, 0.5) is 17.1 Å². The molecule has 0 fully saturated rings. The van der Waals surface area contributed by atoms with Gasteiger partial charge in [-0.3, -0.25) is 24.6 Å². The van der Waals surface area contributed by atoms with Crippen molar-refractivity contribution in [3.8, 4) is 5.69 Å². The van der Waals surface area contributed by atoms with Gasteiger partial charge in [0.15, 0.2) is 5.69 Å². The number of hydrogen-bond donors (Lipinski definition) is 1. The van der Waals surface area contributed by atoms with Crippen LogP contribution in [-0.2, 0) is 4.79 Å². The third-order valence-corrected chi connectivity index (χ3v) is 4.13. The number of hydrogen-bond acceptors (Lipinski definition) is 5. The van der Waals surface area contributed by atoms with Gasteiger partial charge in [-0.1, -0.05) is 18.2 Å². The Kier molecular flexibility index (Phi) is 3.88. The molecule has 0 saturated heterocycles. The van der Waals surface area contributed by atoms with Crippen molar-refractivity contribution in [2.75, 3.05) is 16.8 Å². The zero-order valence-electron chi connectivity index (χ0n) is 13.9. The largest absolute Gasteiger partial charge is 0.323 e. The number of anilines is 2. The SMILES string of the molecule is O=C1CN(C(=O)c2ccn(-c3cccc([N+](=O)[O-])c3)n2)c2ccccc2N1. The molecule has 0 unspecified atom stereocenters. The van der Waals surface area contributed by atoms with Crippen molar-refractivity contribution in [1.82, 2.24) is 9.78 Å². The Hall–Kier alpha value is -4.01. The molecule has 9 heteroatoms. The molecule has 0 radical (unpaired) electrons. The van der Waals surface area contributed by atoms with Crippen LogP contribution in [0.5, 0.6) is 0 Å². The maximum atomic E-state index is 12.9. The minimum absolute atomic E-state index is 0.0718. The third-order valence-electron chi connectivity index (χ3n) is 4.13. The molecule has 1 aliphatic rings. The van der Waals surface area contributed by atoms with Crippen LogP contribution in [0.1, 0.15) is 10.5 Å². The Bertz CT molecular complexity index is 1070. The smallest absolute Gasteiger partial charge is 0.279 e. The molecule has 134 valence electrons. The van der Waals surface area contributed by atoms with Crippen molar-refractivity contribution in [2.24, 2.45) is 0 Å². The molecule has 1 aliphatic heterocycles. The van der Waals surface area contributed by atoms with Gasteiger partial charge in [0.1, 0.15) is 6.54 Å². The summed E-state index contributed by atoms with van der Waals surface area (Å²) in [4.78, 5) is 36.6. The van der Waals surface area contributed by atoms with Crippen LogP contribution in [0.2, 0.25) is 0 Å². The van der Waals surface area contributed by atoms with Crippen molar-refractivity contribution >= 4 is 28.9 Å². The summed E-state index contributed by atoms with van der Waals surface area (Å²) in [6, 6.07) is 14.4. The normalized spacial score (nSPS) is 13.0. The average molecular weight is 363 g/mol. The van der Waals surface area contributed by atoms with Gasteiger partial charge in [0.05, 0.1) is 22.0 Å². The summed E-state index contributed by atoms with van der Waals surface area (Å²) in [7, 11) is 0. The number of nitrogens with one attached hydrogen (secondary N) is 1. The number of amides is 2. The van der Waals surface area contributed by atoms with Gasteiger partial charge in [0, 0.05) is 18.3 Å². The summed E-state index contributed by atoms with van der Waals surface area (Å²) in [5.41, 5.74) is 1.66. The predicted octanol–water partition coefficient (Wildman–Crippen LogP) is 2.38. The van der Waals surface area contributed by atoms with E-state index in [0.29, 0.717) is 17.1 Å². The van der Waals surface area contributed by atoms with Crippen LogP contribution in [0, 0.1) is 10.1 Å². The van der Waals surface area contributed by atoms with Crippen LogP contribution in [0.25, 0.3) is 5.69 Å². The summed E-state index contributed by atoms with van der Waals surface area (Å²) >= 11 is 0. The van der Waals surface area contributed by atoms with E-state index in [1.165, 1.54) is 27.8 Å². The first-order chi connectivity index (χ1) is 13.0. The van der Waals surface area contributed by atoms with Gasteiger partial charge < -0.3 is 5.32 Å². The van der Waals surface area contributed by atoms with E-state index >= 15 is 0 Å². The lowest BCUT2D eigenvalue weighted by Gasteiger charge is -2.28. The minimum Gasteiger partial charge on any atom is -0.323 e. The topological polar surface area (TPSA) is 110 Å². The molecule has 0 spiro atoms. The van der Waals surface area contributed by atoms with E-state index in [1.54, 1.807) is 42.6 Å². The fourth-order valence-electron chi connectivity index (χ4n) is 2.88. The molecule has 3 aromatic rings. The average Bonchev–Trinajstić information content (AvgIpc) is 3.17. The van der Waals surface area contributed by atoms with Gasteiger partial charge in [-0.2, -0.15) is 5.10 Å². The van der Waals surface area contributed by atoms with Crippen LogP contribution in [-0.4, -0.2) is 33.1 Å². The Morgan fingerprint density at radius 2 is 1.96 bits per heavy atom. The summed E-state index contributed by atoms with van der Waals surface area (Å²) in [6.07, 6.45) is 1.54. The van der Waals surface area contributed by atoms with Gasteiger partial charge >= 0.3 is 0 Å². The van der Waals surface area contributed by atoms with E-state index in [2.05, 4.69) is 10.4 Å². The molecule has 4 rings (SSSR count). The standard InChI is InChI=1S/C18H13N5O4/c24-17-11-21(16-7-2-1-6-14(16)19-17)18(25)15-8-9-22(20-15)12-4-3-5-13(10-12)23(26)27/h1-10H,11H2,(H,19,24). The maximum Gasteiger partial charge on any atom is 0.279 e. The number of carbonyl (C=O) groups is 2. The highest BCUT2D eigenvalue weighted by molar-refractivity contribution is 6.14. The molecule has 1 N–H and O–H groups in total. The second-order valence-corrected chi connectivity index (χ2v) is 5.88. The predicted molar refractivity (Wildman–Crippen MR) is 97.0 cm³/mol. The summed E-state index contributed by atoms with van der Waals surface area (Å²) < 4.78 is 1.39. The first kappa shape index (κ1) is 16.5. The van der Waals surface area contributed by atoms with Crippen LogP contribution >= 0.6 is 0 Å². The Morgan fingerprint density at radius 3 is 2.78 bits per heavy atom. The van der Waals surface area contributed by atoms with Crippen LogP contribution < -0.4 is 10.2 Å². The number of rotatable bonds is 3. The highest BCUT2D eigenvalue weighted by atomic mass is 16.6. The minimum atomic E-state index is -0.498. The molecule has 2 amide bonds. The zero-order valence-corrected chi connectivity index (χ0v) is 13.9. The zero-order chi connectivity index (χ0) is 19.0. The second-order valence-electron chi connectivity index (χ2n) is 5.88. The molecular formula is C18H13N5O4. The monoisotopic (exact) mass is 363 g/mol. The van der Waals surface area contributed by atoms with E-state index < -0.39 is 10.8 Å². The van der Waals surface area contributed by atoms with Crippen LogP contribution in [0.15, 0.2) is 60.8 Å². The number of aromatic nitrogens is 2. The number of nitrogens with zero attached hydrogens (tertiary/aromatic N) is 4. The van der Waals surface area contributed by atoms with Crippen molar-refractivity contribution in [3.05, 3.63) is 76.6 Å². The molecule has 0 bridgehead atoms. The van der Waals surface area contributed by atoms with Crippen molar-refractivity contribution in [2.45, 2.75) is 0 Å². The maximum absolute atomic E-state index is 12.9. The molecule has 0 aliphatic carbocycles. The molecule has 2 heterocycles. The number of non-ortho nitro benzene ring substituents is 1.